The molecule has 1 heterocycles. The molecule has 4 rings (SSSR count). The maximum atomic E-state index is 11.0. The lowest BCUT2D eigenvalue weighted by atomic mass is 10.1. The van der Waals surface area contributed by atoms with Crippen molar-refractivity contribution >= 4 is 63.5 Å². The van der Waals surface area contributed by atoms with Crippen molar-refractivity contribution in [1.29, 1.82) is 0 Å². The SMILES string of the molecule is O=[N+]([O-])c1cc(Cl)cc(C=Nc2ccc(Cl)c(-c3nc4cc(Cl)ccc4o3)c2)c1O. The van der Waals surface area contributed by atoms with Gasteiger partial charge in [-0.25, -0.2) is 4.98 Å². The molecule has 30 heavy (non-hydrogen) atoms. The molecule has 0 saturated carbocycles. The first kappa shape index (κ1) is 20.2. The second-order valence-electron chi connectivity index (χ2n) is 6.17. The number of hydrogen-bond acceptors (Lipinski definition) is 6. The number of nitro groups is 1. The molecular weight excluding hydrogens is 453 g/mol. The van der Waals surface area contributed by atoms with Crippen LogP contribution in [0.2, 0.25) is 15.1 Å². The van der Waals surface area contributed by atoms with Crippen LogP contribution in [0, 0.1) is 10.1 Å². The zero-order valence-electron chi connectivity index (χ0n) is 14.8. The Balaban J connectivity index is 1.72. The number of phenolic OH excluding ortho intramolecular Hbond substituents is 1. The van der Waals surface area contributed by atoms with Crippen LogP contribution in [-0.4, -0.2) is 21.2 Å². The highest BCUT2D eigenvalue weighted by molar-refractivity contribution is 6.33. The molecule has 0 aliphatic rings. The molecule has 0 unspecified atom stereocenters. The Morgan fingerprint density at radius 1 is 1.07 bits per heavy atom. The minimum atomic E-state index is -0.724. The summed E-state index contributed by atoms with van der Waals surface area (Å²) in [5.74, 6) is -0.242. The molecule has 3 aromatic carbocycles. The summed E-state index contributed by atoms with van der Waals surface area (Å²) in [5, 5.41) is 22.2. The summed E-state index contributed by atoms with van der Waals surface area (Å²) in [6.45, 7) is 0. The third kappa shape index (κ3) is 3.95. The third-order valence-electron chi connectivity index (χ3n) is 4.16. The molecule has 4 aromatic rings. The van der Waals surface area contributed by atoms with E-state index in [1.54, 1.807) is 36.4 Å². The number of hydrogen-bond donors (Lipinski definition) is 1. The van der Waals surface area contributed by atoms with Gasteiger partial charge < -0.3 is 9.52 Å². The van der Waals surface area contributed by atoms with Gasteiger partial charge in [0.05, 0.1) is 21.2 Å². The van der Waals surface area contributed by atoms with E-state index in [0.29, 0.717) is 32.4 Å². The van der Waals surface area contributed by atoms with Crippen molar-refractivity contribution in [3.63, 3.8) is 0 Å². The topological polar surface area (TPSA) is 102 Å². The number of aromatic nitrogens is 1. The van der Waals surface area contributed by atoms with Crippen molar-refractivity contribution in [2.75, 3.05) is 0 Å². The molecule has 7 nitrogen and oxygen atoms in total. The maximum absolute atomic E-state index is 11.0. The molecular formula is C20H10Cl3N3O4. The second-order valence-corrected chi connectivity index (χ2v) is 7.45. The van der Waals surface area contributed by atoms with Crippen LogP contribution in [0.5, 0.6) is 5.75 Å². The van der Waals surface area contributed by atoms with Gasteiger partial charge in [-0.3, -0.25) is 15.1 Å². The highest BCUT2D eigenvalue weighted by Crippen LogP contribution is 2.35. The Morgan fingerprint density at radius 3 is 2.63 bits per heavy atom. The maximum Gasteiger partial charge on any atom is 0.312 e. The minimum Gasteiger partial charge on any atom is -0.502 e. The van der Waals surface area contributed by atoms with Gasteiger partial charge in [0.2, 0.25) is 11.6 Å². The molecule has 0 atom stereocenters. The summed E-state index contributed by atoms with van der Waals surface area (Å²) >= 11 is 18.2. The van der Waals surface area contributed by atoms with Crippen LogP contribution in [0.1, 0.15) is 5.56 Å². The van der Waals surface area contributed by atoms with Gasteiger partial charge in [0, 0.05) is 27.9 Å². The highest BCUT2D eigenvalue weighted by Gasteiger charge is 2.18. The Labute approximate surface area is 184 Å². The van der Waals surface area contributed by atoms with E-state index in [1.807, 2.05) is 0 Å². The van der Waals surface area contributed by atoms with Gasteiger partial charge in [-0.2, -0.15) is 0 Å². The molecule has 0 bridgehead atoms. The number of oxazole rings is 1. The first-order chi connectivity index (χ1) is 14.3. The fraction of sp³-hybridized carbons (Fsp3) is 0. The highest BCUT2D eigenvalue weighted by atomic mass is 35.5. The van der Waals surface area contributed by atoms with E-state index in [2.05, 4.69) is 9.98 Å². The lowest BCUT2D eigenvalue weighted by molar-refractivity contribution is -0.385. The normalized spacial score (nSPS) is 11.4. The minimum absolute atomic E-state index is 0.0993. The number of fused-ring (bicyclic) bond motifs is 1. The number of nitro benzene ring substituents is 1. The van der Waals surface area contributed by atoms with Crippen molar-refractivity contribution < 1.29 is 14.4 Å². The zero-order chi connectivity index (χ0) is 21.4. The first-order valence-electron chi connectivity index (χ1n) is 8.39. The van der Waals surface area contributed by atoms with Crippen molar-refractivity contribution in [2.45, 2.75) is 0 Å². The van der Waals surface area contributed by atoms with Crippen LogP contribution in [0.3, 0.4) is 0 Å². The van der Waals surface area contributed by atoms with Gasteiger partial charge in [-0.15, -0.1) is 0 Å². The molecule has 0 saturated heterocycles. The molecule has 0 amide bonds. The number of rotatable bonds is 4. The smallest absolute Gasteiger partial charge is 0.312 e. The van der Waals surface area contributed by atoms with E-state index in [9.17, 15) is 15.2 Å². The van der Waals surface area contributed by atoms with Crippen LogP contribution in [0.25, 0.3) is 22.6 Å². The Bertz CT molecular complexity index is 1330. The third-order valence-corrected chi connectivity index (χ3v) is 4.95. The number of aliphatic imine (C=N–C) groups is 1. The van der Waals surface area contributed by atoms with E-state index in [-0.39, 0.29) is 16.5 Å². The van der Waals surface area contributed by atoms with Gasteiger partial charge in [0.15, 0.2) is 5.58 Å². The average Bonchev–Trinajstić information content (AvgIpc) is 3.12. The number of halogens is 3. The lowest BCUT2D eigenvalue weighted by Gasteiger charge is -2.03. The van der Waals surface area contributed by atoms with E-state index < -0.39 is 16.4 Å². The fourth-order valence-corrected chi connectivity index (χ4v) is 3.35. The zero-order valence-corrected chi connectivity index (χ0v) is 17.1. The molecule has 150 valence electrons. The van der Waals surface area contributed by atoms with Crippen molar-refractivity contribution in [2.24, 2.45) is 4.99 Å². The quantitative estimate of drug-likeness (QED) is 0.204. The summed E-state index contributed by atoms with van der Waals surface area (Å²) < 4.78 is 5.75. The molecule has 0 radical (unpaired) electrons. The van der Waals surface area contributed by atoms with E-state index in [0.717, 1.165) is 6.07 Å². The number of nitrogens with zero attached hydrogens (tertiary/aromatic N) is 3. The monoisotopic (exact) mass is 461 g/mol. The summed E-state index contributed by atoms with van der Waals surface area (Å²) in [6, 6.07) is 12.4. The standard InChI is InChI=1S/C20H10Cl3N3O4/c21-11-1-4-18-16(6-11)25-20(30-18)14-8-13(2-3-15(14)23)24-9-10-5-12(22)7-17(19(10)27)26(28)29/h1-9,27H. The molecule has 1 N–H and O–H groups in total. The Hall–Kier alpha value is -3.13. The Kier molecular flexibility index (Phi) is 5.34. The van der Waals surface area contributed by atoms with Gasteiger partial charge >= 0.3 is 5.69 Å². The molecule has 0 aliphatic carbocycles. The van der Waals surface area contributed by atoms with Crippen LogP contribution >= 0.6 is 34.8 Å². The summed E-state index contributed by atoms with van der Waals surface area (Å²) in [7, 11) is 0. The van der Waals surface area contributed by atoms with Crippen LogP contribution in [-0.2, 0) is 0 Å². The summed E-state index contributed by atoms with van der Waals surface area (Å²) in [5.41, 5.74) is 1.68. The molecule has 10 heteroatoms. The largest absolute Gasteiger partial charge is 0.502 e. The van der Waals surface area contributed by atoms with Gasteiger partial charge in [0.1, 0.15) is 5.52 Å². The first-order valence-corrected chi connectivity index (χ1v) is 9.52. The van der Waals surface area contributed by atoms with Crippen LogP contribution < -0.4 is 0 Å². The Morgan fingerprint density at radius 2 is 1.87 bits per heavy atom. The molecule has 0 aliphatic heterocycles. The summed E-state index contributed by atoms with van der Waals surface area (Å²) in [6.07, 6.45) is 1.27. The van der Waals surface area contributed by atoms with Crippen LogP contribution in [0.15, 0.2) is 57.9 Å². The van der Waals surface area contributed by atoms with Gasteiger partial charge in [-0.1, -0.05) is 34.8 Å². The van der Waals surface area contributed by atoms with E-state index >= 15 is 0 Å². The molecule has 1 aromatic heterocycles. The number of aromatic hydroxyl groups is 1. The number of phenols is 1. The van der Waals surface area contributed by atoms with Gasteiger partial charge in [0.25, 0.3) is 0 Å². The molecule has 0 fully saturated rings. The van der Waals surface area contributed by atoms with Crippen molar-refractivity contribution in [3.8, 4) is 17.2 Å². The van der Waals surface area contributed by atoms with Crippen molar-refractivity contribution in [3.05, 3.63) is 79.3 Å². The van der Waals surface area contributed by atoms with Crippen molar-refractivity contribution in [1.82, 2.24) is 4.98 Å². The molecule has 0 spiro atoms. The van der Waals surface area contributed by atoms with E-state index in [1.165, 1.54) is 12.3 Å². The van der Waals surface area contributed by atoms with Crippen LogP contribution in [0.4, 0.5) is 11.4 Å². The predicted molar refractivity (Wildman–Crippen MR) is 116 cm³/mol. The fourth-order valence-electron chi connectivity index (χ4n) is 2.76. The predicted octanol–water partition coefficient (Wildman–Crippen LogP) is 6.82. The average molecular weight is 463 g/mol. The second kappa shape index (κ2) is 7.95. The summed E-state index contributed by atoms with van der Waals surface area (Å²) in [4.78, 5) is 19.0. The number of benzene rings is 3. The van der Waals surface area contributed by atoms with Gasteiger partial charge in [-0.05, 0) is 42.5 Å². The van der Waals surface area contributed by atoms with E-state index in [4.69, 9.17) is 39.2 Å². The lowest BCUT2D eigenvalue weighted by Crippen LogP contribution is -1.92.